The average molecular weight is 379 g/mol. The number of carbonyl (C=O) groups is 2. The van der Waals surface area contributed by atoms with E-state index in [4.69, 9.17) is 4.74 Å². The van der Waals surface area contributed by atoms with Crippen LogP contribution in [0, 0.1) is 17.7 Å². The Hall–Kier alpha value is -3.06. The lowest BCUT2D eigenvalue weighted by atomic mass is 9.77. The molecule has 4 heterocycles. The maximum atomic E-state index is 14.3. The number of para-hydroxylation sites is 1. The van der Waals surface area contributed by atoms with Gasteiger partial charge >= 0.3 is 0 Å². The number of pyridine rings is 1. The minimum absolute atomic E-state index is 0.205. The van der Waals surface area contributed by atoms with E-state index in [1.54, 1.807) is 36.7 Å². The van der Waals surface area contributed by atoms with Gasteiger partial charge in [0.2, 0.25) is 11.8 Å². The molecule has 2 fully saturated rings. The Labute approximate surface area is 161 Å². The third-order valence-electron chi connectivity index (χ3n) is 5.74. The fraction of sp³-hybridized carbons (Fsp3) is 0.286. The molecule has 0 saturated carbocycles. The first-order valence-corrected chi connectivity index (χ1v) is 9.19. The zero-order valence-electron chi connectivity index (χ0n) is 14.9. The van der Waals surface area contributed by atoms with Gasteiger partial charge in [0.05, 0.1) is 30.2 Å². The standard InChI is InChI=1S/C21H18FN3O3/c22-14-5-1-2-6-15(14)25-12-21-8-7-16(28-21)17(18(21)20(25)27)19(26)24-11-13-4-3-9-23-10-13/h1-10,16-18H,11-12H2,(H,24,26). The summed E-state index contributed by atoms with van der Waals surface area (Å²) >= 11 is 0. The zero-order chi connectivity index (χ0) is 19.3. The van der Waals surface area contributed by atoms with Crippen molar-refractivity contribution in [3.8, 4) is 0 Å². The van der Waals surface area contributed by atoms with Crippen molar-refractivity contribution in [2.75, 3.05) is 11.4 Å². The highest BCUT2D eigenvalue weighted by Gasteiger charge is 2.67. The monoisotopic (exact) mass is 379 g/mol. The Morgan fingerprint density at radius 3 is 2.96 bits per heavy atom. The molecule has 5 rings (SSSR count). The minimum atomic E-state index is -0.875. The van der Waals surface area contributed by atoms with Crippen LogP contribution in [-0.2, 0) is 20.9 Å². The van der Waals surface area contributed by atoms with Gasteiger partial charge in [-0.3, -0.25) is 14.6 Å². The normalized spacial score (nSPS) is 30.0. The molecule has 4 unspecified atom stereocenters. The van der Waals surface area contributed by atoms with Crippen LogP contribution in [0.25, 0.3) is 0 Å². The first kappa shape index (κ1) is 17.1. The molecule has 1 aromatic carbocycles. The molecule has 3 aliphatic heterocycles. The number of aromatic nitrogens is 1. The van der Waals surface area contributed by atoms with Gasteiger partial charge in [0.25, 0.3) is 0 Å². The van der Waals surface area contributed by atoms with E-state index in [1.165, 1.54) is 11.0 Å². The number of hydrogen-bond donors (Lipinski definition) is 1. The van der Waals surface area contributed by atoms with E-state index in [-0.39, 0.29) is 24.0 Å². The molecule has 28 heavy (non-hydrogen) atoms. The maximum absolute atomic E-state index is 14.3. The molecule has 1 N–H and O–H groups in total. The van der Waals surface area contributed by atoms with Crippen molar-refractivity contribution in [2.24, 2.45) is 11.8 Å². The highest BCUT2D eigenvalue weighted by Crippen LogP contribution is 2.52. The Bertz CT molecular complexity index is 980. The van der Waals surface area contributed by atoms with Crippen molar-refractivity contribution in [2.45, 2.75) is 18.2 Å². The van der Waals surface area contributed by atoms with E-state index in [0.29, 0.717) is 6.54 Å². The van der Waals surface area contributed by atoms with E-state index in [9.17, 15) is 14.0 Å². The van der Waals surface area contributed by atoms with E-state index in [2.05, 4.69) is 10.3 Å². The molecule has 2 bridgehead atoms. The molecule has 3 aliphatic rings. The summed E-state index contributed by atoms with van der Waals surface area (Å²) in [5.74, 6) is -2.28. The summed E-state index contributed by atoms with van der Waals surface area (Å²) < 4.78 is 20.3. The Morgan fingerprint density at radius 1 is 1.32 bits per heavy atom. The number of fused-ring (bicyclic) bond motifs is 1. The van der Waals surface area contributed by atoms with Gasteiger partial charge in [-0.1, -0.05) is 30.4 Å². The Kier molecular flexibility index (Phi) is 3.80. The van der Waals surface area contributed by atoms with Gasteiger partial charge in [0, 0.05) is 18.9 Å². The van der Waals surface area contributed by atoms with Crippen LogP contribution in [0.15, 0.2) is 60.9 Å². The molecule has 0 aliphatic carbocycles. The fourth-order valence-corrected chi connectivity index (χ4v) is 4.48. The molecule has 142 valence electrons. The van der Waals surface area contributed by atoms with Gasteiger partial charge in [0.1, 0.15) is 11.4 Å². The van der Waals surface area contributed by atoms with Crippen LogP contribution in [-0.4, -0.2) is 35.0 Å². The van der Waals surface area contributed by atoms with Gasteiger partial charge in [-0.2, -0.15) is 0 Å². The number of halogens is 1. The van der Waals surface area contributed by atoms with E-state index >= 15 is 0 Å². The van der Waals surface area contributed by atoms with Gasteiger partial charge in [0.15, 0.2) is 0 Å². The average Bonchev–Trinajstić information content (AvgIpc) is 3.36. The van der Waals surface area contributed by atoms with Crippen molar-refractivity contribution >= 4 is 17.5 Å². The van der Waals surface area contributed by atoms with Crippen molar-refractivity contribution in [1.29, 1.82) is 0 Å². The molecule has 2 saturated heterocycles. The molecular weight excluding hydrogens is 361 g/mol. The van der Waals surface area contributed by atoms with Crippen molar-refractivity contribution < 1.29 is 18.7 Å². The van der Waals surface area contributed by atoms with E-state index in [1.807, 2.05) is 18.2 Å². The number of anilines is 1. The number of rotatable bonds is 4. The van der Waals surface area contributed by atoms with Crippen LogP contribution in [0.1, 0.15) is 5.56 Å². The number of nitrogens with zero attached hydrogens (tertiary/aromatic N) is 2. The van der Waals surface area contributed by atoms with Gasteiger partial charge in [-0.15, -0.1) is 0 Å². The summed E-state index contributed by atoms with van der Waals surface area (Å²) in [7, 11) is 0. The van der Waals surface area contributed by atoms with E-state index < -0.39 is 29.4 Å². The molecule has 1 aromatic heterocycles. The lowest BCUT2D eigenvalue weighted by molar-refractivity contribution is -0.132. The van der Waals surface area contributed by atoms with Crippen molar-refractivity contribution in [1.82, 2.24) is 10.3 Å². The zero-order valence-corrected chi connectivity index (χ0v) is 14.9. The quantitative estimate of drug-likeness (QED) is 0.823. The number of nitrogens with one attached hydrogen (secondary N) is 1. The molecule has 2 amide bonds. The van der Waals surface area contributed by atoms with Crippen LogP contribution in [0.2, 0.25) is 0 Å². The topological polar surface area (TPSA) is 71.5 Å². The second-order valence-electron chi connectivity index (χ2n) is 7.35. The third-order valence-corrected chi connectivity index (χ3v) is 5.74. The van der Waals surface area contributed by atoms with Crippen LogP contribution in [0.5, 0.6) is 0 Å². The largest absolute Gasteiger partial charge is 0.360 e. The molecule has 1 spiro atoms. The summed E-state index contributed by atoms with van der Waals surface area (Å²) in [4.78, 5) is 31.5. The van der Waals surface area contributed by atoms with E-state index in [0.717, 1.165) is 5.56 Å². The van der Waals surface area contributed by atoms with Crippen LogP contribution in [0.4, 0.5) is 10.1 Å². The molecule has 2 aromatic rings. The van der Waals surface area contributed by atoms with Crippen LogP contribution in [0.3, 0.4) is 0 Å². The van der Waals surface area contributed by atoms with Crippen molar-refractivity contribution in [3.05, 3.63) is 72.3 Å². The van der Waals surface area contributed by atoms with Gasteiger partial charge in [-0.05, 0) is 23.8 Å². The Balaban J connectivity index is 1.40. The van der Waals surface area contributed by atoms with Gasteiger partial charge in [-0.25, -0.2) is 4.39 Å². The summed E-state index contributed by atoms with van der Waals surface area (Å²) in [6.07, 6.45) is 6.60. The highest BCUT2D eigenvalue weighted by molar-refractivity contribution is 6.03. The summed E-state index contributed by atoms with van der Waals surface area (Å²) in [6.45, 7) is 0.529. The lowest BCUT2D eigenvalue weighted by Crippen LogP contribution is -2.44. The number of benzene rings is 1. The predicted octanol–water partition coefficient (Wildman–Crippen LogP) is 1.82. The summed E-state index contributed by atoms with van der Waals surface area (Å²) in [6, 6.07) is 9.82. The summed E-state index contributed by atoms with van der Waals surface area (Å²) in [5, 5.41) is 2.88. The second kappa shape index (κ2) is 6.24. The molecular formula is C21H18FN3O3. The minimum Gasteiger partial charge on any atom is -0.360 e. The number of ether oxygens (including phenoxy) is 1. The molecule has 0 radical (unpaired) electrons. The molecule has 7 heteroatoms. The van der Waals surface area contributed by atoms with Crippen LogP contribution >= 0.6 is 0 Å². The summed E-state index contributed by atoms with van der Waals surface area (Å²) in [5.41, 5.74) is 0.211. The SMILES string of the molecule is O=C(NCc1cccnc1)C1C2C=CC3(CN(c4ccccc4F)C(=O)C13)O2. The third kappa shape index (κ3) is 2.46. The fourth-order valence-electron chi connectivity index (χ4n) is 4.48. The first-order valence-electron chi connectivity index (χ1n) is 9.19. The first-order chi connectivity index (χ1) is 13.6. The van der Waals surface area contributed by atoms with Crippen LogP contribution < -0.4 is 10.2 Å². The lowest BCUT2D eigenvalue weighted by Gasteiger charge is -2.23. The van der Waals surface area contributed by atoms with Gasteiger partial charge < -0.3 is 15.0 Å². The van der Waals surface area contributed by atoms with Crippen molar-refractivity contribution in [3.63, 3.8) is 0 Å². The number of hydrogen-bond acceptors (Lipinski definition) is 4. The number of amides is 2. The molecule has 6 nitrogen and oxygen atoms in total. The predicted molar refractivity (Wildman–Crippen MR) is 98.6 cm³/mol. The maximum Gasteiger partial charge on any atom is 0.234 e. The Morgan fingerprint density at radius 2 is 2.18 bits per heavy atom. The molecule has 4 atom stereocenters. The smallest absolute Gasteiger partial charge is 0.234 e. The second-order valence-corrected chi connectivity index (χ2v) is 7.35. The highest BCUT2D eigenvalue weighted by atomic mass is 19.1. The number of carbonyl (C=O) groups excluding carboxylic acids is 2.